The normalized spacial score (nSPS) is 10.7. The topological polar surface area (TPSA) is 54.9 Å². The molecular formula is C20H27FIN3O2. The second kappa shape index (κ2) is 12.4. The molecule has 0 saturated heterocycles. The second-order valence-corrected chi connectivity index (χ2v) is 5.56. The fourth-order valence-electron chi connectivity index (χ4n) is 2.45. The number of benzene rings is 2. The Hall–Kier alpha value is -2.03. The molecule has 2 rings (SSSR count). The molecule has 0 atom stereocenters. The van der Waals surface area contributed by atoms with Crippen LogP contribution in [0.5, 0.6) is 11.5 Å². The van der Waals surface area contributed by atoms with Gasteiger partial charge in [-0.25, -0.2) is 9.38 Å². The number of halogens is 2. The lowest BCUT2D eigenvalue weighted by molar-refractivity contribution is 0.336. The molecule has 7 heteroatoms. The van der Waals surface area contributed by atoms with Crippen LogP contribution in [0.15, 0.2) is 47.5 Å². The minimum atomic E-state index is -0.385. The highest BCUT2D eigenvalue weighted by Gasteiger charge is 2.06. The van der Waals surface area contributed by atoms with Gasteiger partial charge in [-0.2, -0.15) is 0 Å². The van der Waals surface area contributed by atoms with Gasteiger partial charge in [-0.05, 0) is 37.6 Å². The van der Waals surface area contributed by atoms with Crippen LogP contribution in [0.25, 0.3) is 0 Å². The second-order valence-electron chi connectivity index (χ2n) is 5.56. The molecule has 0 aliphatic rings. The van der Waals surface area contributed by atoms with Gasteiger partial charge in [-0.15, -0.1) is 24.0 Å². The summed E-state index contributed by atoms with van der Waals surface area (Å²) >= 11 is 0. The highest BCUT2D eigenvalue weighted by atomic mass is 127. The molecule has 0 spiro atoms. The van der Waals surface area contributed by atoms with E-state index in [-0.39, 0.29) is 35.5 Å². The molecule has 0 radical (unpaired) electrons. The lowest BCUT2D eigenvalue weighted by Crippen LogP contribution is -2.36. The molecule has 0 saturated carbocycles. The quantitative estimate of drug-likeness (QED) is 0.335. The lowest BCUT2D eigenvalue weighted by atomic mass is 10.2. The Bertz CT molecular complexity index is 741. The highest BCUT2D eigenvalue weighted by molar-refractivity contribution is 14.0. The van der Waals surface area contributed by atoms with Crippen molar-refractivity contribution in [3.05, 3.63) is 59.4 Å². The van der Waals surface area contributed by atoms with Gasteiger partial charge in [0.1, 0.15) is 5.75 Å². The molecule has 0 aliphatic heterocycles. The Morgan fingerprint density at radius 3 is 2.52 bits per heavy atom. The zero-order chi connectivity index (χ0) is 18.8. The van der Waals surface area contributed by atoms with Gasteiger partial charge in [-0.1, -0.05) is 24.3 Å². The minimum Gasteiger partial charge on any atom is -0.494 e. The van der Waals surface area contributed by atoms with Crippen LogP contribution < -0.4 is 20.1 Å². The first kappa shape index (κ1) is 23.0. The van der Waals surface area contributed by atoms with E-state index in [4.69, 9.17) is 9.47 Å². The van der Waals surface area contributed by atoms with Crippen molar-refractivity contribution in [1.29, 1.82) is 0 Å². The van der Waals surface area contributed by atoms with E-state index in [0.29, 0.717) is 25.7 Å². The van der Waals surface area contributed by atoms with E-state index in [1.807, 2.05) is 38.1 Å². The van der Waals surface area contributed by atoms with Crippen molar-refractivity contribution in [2.75, 3.05) is 20.3 Å². The zero-order valence-corrected chi connectivity index (χ0v) is 18.3. The van der Waals surface area contributed by atoms with E-state index in [0.717, 1.165) is 23.4 Å². The minimum absolute atomic E-state index is 0. The number of nitrogens with one attached hydrogen (secondary N) is 2. The molecule has 0 aliphatic carbocycles. The average Bonchev–Trinajstić information content (AvgIpc) is 2.65. The summed E-state index contributed by atoms with van der Waals surface area (Å²) in [6.07, 6.45) is 0. The van der Waals surface area contributed by atoms with Gasteiger partial charge in [0.15, 0.2) is 17.5 Å². The fourth-order valence-corrected chi connectivity index (χ4v) is 2.45. The first-order chi connectivity index (χ1) is 12.7. The summed E-state index contributed by atoms with van der Waals surface area (Å²) in [4.78, 5) is 4.52. The van der Waals surface area contributed by atoms with Crippen molar-refractivity contribution in [3.63, 3.8) is 0 Å². The average molecular weight is 487 g/mol. The smallest absolute Gasteiger partial charge is 0.191 e. The number of ether oxygens (including phenoxy) is 2. The molecule has 0 heterocycles. The maximum absolute atomic E-state index is 13.8. The molecule has 148 valence electrons. The first-order valence-corrected chi connectivity index (χ1v) is 8.73. The Labute approximate surface area is 177 Å². The number of methoxy groups -OCH3 is 1. The van der Waals surface area contributed by atoms with Crippen LogP contribution in [-0.4, -0.2) is 26.2 Å². The molecule has 27 heavy (non-hydrogen) atoms. The van der Waals surface area contributed by atoms with Gasteiger partial charge >= 0.3 is 0 Å². The van der Waals surface area contributed by atoms with E-state index in [2.05, 4.69) is 15.6 Å². The van der Waals surface area contributed by atoms with Gasteiger partial charge in [0.25, 0.3) is 0 Å². The van der Waals surface area contributed by atoms with Crippen molar-refractivity contribution in [3.8, 4) is 11.5 Å². The summed E-state index contributed by atoms with van der Waals surface area (Å²) in [7, 11) is 1.45. The predicted octanol–water partition coefficient (Wildman–Crippen LogP) is 4.11. The van der Waals surface area contributed by atoms with Gasteiger partial charge in [-0.3, -0.25) is 0 Å². The zero-order valence-electron chi connectivity index (χ0n) is 15.9. The third-order valence-corrected chi connectivity index (χ3v) is 3.70. The summed E-state index contributed by atoms with van der Waals surface area (Å²) in [6, 6.07) is 12.7. The van der Waals surface area contributed by atoms with Crippen LogP contribution in [0.1, 0.15) is 25.0 Å². The Kier molecular flexibility index (Phi) is 10.5. The molecule has 2 aromatic rings. The van der Waals surface area contributed by atoms with Crippen molar-refractivity contribution in [1.82, 2.24) is 10.6 Å². The van der Waals surface area contributed by atoms with Crippen LogP contribution in [0, 0.1) is 5.82 Å². The molecule has 0 aromatic heterocycles. The number of aliphatic imine (C=N–C) groups is 1. The molecule has 2 N–H and O–H groups in total. The number of para-hydroxylation sites is 1. The SMILES string of the molecule is CCNC(=NCc1ccc(OC)c(F)c1)NCc1ccccc1OCC.I. The number of hydrogen-bond acceptors (Lipinski definition) is 3. The summed E-state index contributed by atoms with van der Waals surface area (Å²) in [5, 5.41) is 6.48. The molecule has 0 unspecified atom stereocenters. The van der Waals surface area contributed by atoms with E-state index >= 15 is 0 Å². The van der Waals surface area contributed by atoms with E-state index in [1.165, 1.54) is 13.2 Å². The van der Waals surface area contributed by atoms with Crippen LogP contribution in [0.3, 0.4) is 0 Å². The molecule has 5 nitrogen and oxygen atoms in total. The van der Waals surface area contributed by atoms with Crippen molar-refractivity contribution in [2.24, 2.45) is 4.99 Å². The summed E-state index contributed by atoms with van der Waals surface area (Å²) in [5.41, 5.74) is 1.82. The molecule has 2 aromatic carbocycles. The fraction of sp³-hybridized carbons (Fsp3) is 0.350. The van der Waals surface area contributed by atoms with E-state index < -0.39 is 0 Å². The van der Waals surface area contributed by atoms with Gasteiger partial charge in [0.05, 0.1) is 20.3 Å². The van der Waals surface area contributed by atoms with Crippen molar-refractivity contribution in [2.45, 2.75) is 26.9 Å². The maximum atomic E-state index is 13.8. The third kappa shape index (κ3) is 7.24. The number of nitrogens with zero attached hydrogens (tertiary/aromatic N) is 1. The predicted molar refractivity (Wildman–Crippen MR) is 118 cm³/mol. The van der Waals surface area contributed by atoms with Crippen molar-refractivity contribution >= 4 is 29.9 Å². The molecular weight excluding hydrogens is 460 g/mol. The lowest BCUT2D eigenvalue weighted by Gasteiger charge is -2.14. The number of hydrogen-bond donors (Lipinski definition) is 2. The standard InChI is InChI=1S/C20H26FN3O2.HI/c1-4-22-20(23-13-15-10-11-19(25-3)17(21)12-15)24-14-16-8-6-7-9-18(16)26-5-2;/h6-12H,4-5,13-14H2,1-3H3,(H2,22,23,24);1H. The Morgan fingerprint density at radius 2 is 1.85 bits per heavy atom. The molecule has 0 fully saturated rings. The number of rotatable bonds is 8. The maximum Gasteiger partial charge on any atom is 0.191 e. The summed E-state index contributed by atoms with van der Waals surface area (Å²) < 4.78 is 24.4. The summed E-state index contributed by atoms with van der Waals surface area (Å²) in [5.74, 6) is 1.37. The first-order valence-electron chi connectivity index (χ1n) is 8.73. The Balaban J connectivity index is 0.00000364. The van der Waals surface area contributed by atoms with Crippen LogP contribution >= 0.6 is 24.0 Å². The Morgan fingerprint density at radius 1 is 1.07 bits per heavy atom. The largest absolute Gasteiger partial charge is 0.494 e. The molecule has 0 bridgehead atoms. The summed E-state index contributed by atoms with van der Waals surface area (Å²) in [6.45, 7) is 6.26. The van der Waals surface area contributed by atoms with Crippen molar-refractivity contribution < 1.29 is 13.9 Å². The number of guanidine groups is 1. The highest BCUT2D eigenvalue weighted by Crippen LogP contribution is 2.19. The van der Waals surface area contributed by atoms with Gasteiger partial charge in [0.2, 0.25) is 0 Å². The van der Waals surface area contributed by atoms with E-state index in [1.54, 1.807) is 12.1 Å². The molecule has 0 amide bonds. The van der Waals surface area contributed by atoms with E-state index in [9.17, 15) is 4.39 Å². The van der Waals surface area contributed by atoms with Gasteiger partial charge < -0.3 is 20.1 Å². The monoisotopic (exact) mass is 487 g/mol. The van der Waals surface area contributed by atoms with Crippen LogP contribution in [0.4, 0.5) is 4.39 Å². The van der Waals surface area contributed by atoms with Crippen LogP contribution in [-0.2, 0) is 13.1 Å². The third-order valence-electron chi connectivity index (χ3n) is 3.70. The van der Waals surface area contributed by atoms with Gasteiger partial charge in [0, 0.05) is 18.7 Å². The van der Waals surface area contributed by atoms with Crippen LogP contribution in [0.2, 0.25) is 0 Å².